The fourth-order valence-electron chi connectivity index (χ4n) is 3.44. The Labute approximate surface area is 209 Å². The number of fused-ring (bicyclic) bond motifs is 1. The Morgan fingerprint density at radius 1 is 0.886 bits per heavy atom. The molecule has 0 aliphatic carbocycles. The highest BCUT2D eigenvalue weighted by Crippen LogP contribution is 2.41. The van der Waals surface area contributed by atoms with E-state index >= 15 is 0 Å². The predicted octanol–water partition coefficient (Wildman–Crippen LogP) is 3.95. The molecule has 0 radical (unpaired) electrons. The number of anilines is 1. The van der Waals surface area contributed by atoms with Crippen LogP contribution in [0, 0.1) is 0 Å². The molecule has 1 aromatic heterocycles. The van der Waals surface area contributed by atoms with Crippen LogP contribution in [0.3, 0.4) is 0 Å². The summed E-state index contributed by atoms with van der Waals surface area (Å²) in [6.45, 7) is 1.11. The van der Waals surface area contributed by atoms with Crippen molar-refractivity contribution in [2.45, 2.75) is 0 Å². The summed E-state index contributed by atoms with van der Waals surface area (Å²) in [7, 11) is 11.8. The lowest BCUT2D eigenvalue weighted by molar-refractivity contribution is -0.114. The second-order valence-corrected chi connectivity index (χ2v) is 8.71. The van der Waals surface area contributed by atoms with Crippen molar-refractivity contribution in [3.63, 3.8) is 0 Å². The van der Waals surface area contributed by atoms with E-state index in [1.807, 2.05) is 25.1 Å². The Kier molecular flexibility index (Phi) is 8.78. The predicted molar refractivity (Wildman–Crippen MR) is 139 cm³/mol. The molecule has 0 aliphatic rings. The van der Waals surface area contributed by atoms with Gasteiger partial charge in [-0.1, -0.05) is 11.3 Å². The van der Waals surface area contributed by atoms with Gasteiger partial charge in [0.05, 0.1) is 35.5 Å². The SMILES string of the molecule is COc1cc(C=CC(=O)N(CCN(C)C)c2nc3c(OC)ccc(OC)c3s2)cc(OC)c1OC. The zero-order valence-electron chi connectivity index (χ0n) is 21.1. The molecule has 0 N–H and O–H groups in total. The topological polar surface area (TPSA) is 82.6 Å². The number of carbonyl (C=O) groups excluding carboxylic acids is 1. The quantitative estimate of drug-likeness (QED) is 0.366. The first-order valence-corrected chi connectivity index (χ1v) is 11.6. The third kappa shape index (κ3) is 5.77. The molecule has 0 bridgehead atoms. The first-order chi connectivity index (χ1) is 16.9. The van der Waals surface area contributed by atoms with E-state index in [1.54, 1.807) is 64.7 Å². The van der Waals surface area contributed by atoms with Gasteiger partial charge in [0.1, 0.15) is 21.7 Å². The van der Waals surface area contributed by atoms with Crippen molar-refractivity contribution < 1.29 is 28.5 Å². The molecule has 0 atom stereocenters. The fourth-order valence-corrected chi connectivity index (χ4v) is 4.55. The van der Waals surface area contributed by atoms with E-state index in [0.717, 1.165) is 10.3 Å². The van der Waals surface area contributed by atoms with E-state index in [1.165, 1.54) is 17.4 Å². The van der Waals surface area contributed by atoms with E-state index in [9.17, 15) is 4.79 Å². The second-order valence-electron chi connectivity index (χ2n) is 7.73. The van der Waals surface area contributed by atoms with Crippen molar-refractivity contribution in [3.8, 4) is 28.7 Å². The first kappa shape index (κ1) is 26.1. The van der Waals surface area contributed by atoms with E-state index in [4.69, 9.17) is 28.7 Å². The van der Waals surface area contributed by atoms with Gasteiger partial charge in [0.2, 0.25) is 5.75 Å². The van der Waals surface area contributed by atoms with Gasteiger partial charge in [-0.15, -0.1) is 0 Å². The van der Waals surface area contributed by atoms with Gasteiger partial charge in [0.15, 0.2) is 16.6 Å². The van der Waals surface area contributed by atoms with Crippen molar-refractivity contribution in [2.75, 3.05) is 67.6 Å². The van der Waals surface area contributed by atoms with Gasteiger partial charge in [-0.05, 0) is 50.0 Å². The number of hydrogen-bond acceptors (Lipinski definition) is 9. The highest BCUT2D eigenvalue weighted by atomic mass is 32.1. The van der Waals surface area contributed by atoms with Crippen LogP contribution in [-0.4, -0.2) is 78.5 Å². The van der Waals surface area contributed by atoms with Crippen molar-refractivity contribution >= 4 is 38.7 Å². The summed E-state index contributed by atoms with van der Waals surface area (Å²) in [6.07, 6.45) is 3.22. The highest BCUT2D eigenvalue weighted by Gasteiger charge is 2.21. The van der Waals surface area contributed by atoms with Gasteiger partial charge in [-0.25, -0.2) is 4.98 Å². The van der Waals surface area contributed by atoms with E-state index < -0.39 is 0 Å². The van der Waals surface area contributed by atoms with Crippen molar-refractivity contribution in [2.24, 2.45) is 0 Å². The minimum absolute atomic E-state index is 0.211. The van der Waals surface area contributed by atoms with Crippen LogP contribution in [0.15, 0.2) is 30.3 Å². The number of thiazole rings is 1. The molecular weight excluding hydrogens is 470 g/mol. The minimum atomic E-state index is -0.211. The van der Waals surface area contributed by atoms with Crippen LogP contribution in [0.4, 0.5) is 5.13 Å². The molecule has 0 saturated carbocycles. The summed E-state index contributed by atoms with van der Waals surface area (Å²) in [5, 5.41) is 0.559. The number of carbonyl (C=O) groups is 1. The van der Waals surface area contributed by atoms with Crippen LogP contribution in [-0.2, 0) is 4.79 Å². The first-order valence-electron chi connectivity index (χ1n) is 10.8. The van der Waals surface area contributed by atoms with E-state index in [-0.39, 0.29) is 5.91 Å². The molecule has 0 fully saturated rings. The second kappa shape index (κ2) is 11.8. The summed E-state index contributed by atoms with van der Waals surface area (Å²) in [6, 6.07) is 7.20. The Hall–Kier alpha value is -3.50. The van der Waals surface area contributed by atoms with Crippen LogP contribution < -0.4 is 28.6 Å². The van der Waals surface area contributed by atoms with Crippen LogP contribution in [0.25, 0.3) is 16.3 Å². The Morgan fingerprint density at radius 3 is 2.03 bits per heavy atom. The van der Waals surface area contributed by atoms with Crippen molar-refractivity contribution in [1.82, 2.24) is 9.88 Å². The number of methoxy groups -OCH3 is 5. The minimum Gasteiger partial charge on any atom is -0.495 e. The monoisotopic (exact) mass is 501 g/mol. The highest BCUT2D eigenvalue weighted by molar-refractivity contribution is 7.22. The number of ether oxygens (including phenoxy) is 5. The molecule has 1 amide bonds. The van der Waals surface area contributed by atoms with Gasteiger partial charge >= 0.3 is 0 Å². The molecule has 10 heteroatoms. The zero-order chi connectivity index (χ0) is 25.5. The molecular formula is C25H31N3O6S. The fraction of sp³-hybridized carbons (Fsp3) is 0.360. The van der Waals surface area contributed by atoms with Crippen LogP contribution in [0.5, 0.6) is 28.7 Å². The Balaban J connectivity index is 1.99. The number of benzene rings is 2. The summed E-state index contributed by atoms with van der Waals surface area (Å²) in [5.74, 6) is 2.59. The third-order valence-corrected chi connectivity index (χ3v) is 6.37. The number of hydrogen-bond donors (Lipinski definition) is 0. The maximum Gasteiger partial charge on any atom is 0.252 e. The summed E-state index contributed by atoms with van der Waals surface area (Å²) in [5.41, 5.74) is 1.39. The van der Waals surface area contributed by atoms with Crippen LogP contribution in [0.1, 0.15) is 5.56 Å². The van der Waals surface area contributed by atoms with Gasteiger partial charge < -0.3 is 28.6 Å². The lowest BCUT2D eigenvalue weighted by atomic mass is 10.1. The Morgan fingerprint density at radius 2 is 1.49 bits per heavy atom. The lowest BCUT2D eigenvalue weighted by Crippen LogP contribution is -2.35. The number of nitrogens with zero attached hydrogens (tertiary/aromatic N) is 3. The molecule has 3 aromatic rings. The van der Waals surface area contributed by atoms with Crippen LogP contribution in [0.2, 0.25) is 0 Å². The summed E-state index contributed by atoms with van der Waals surface area (Å²) < 4.78 is 28.0. The zero-order valence-corrected chi connectivity index (χ0v) is 21.9. The van der Waals surface area contributed by atoms with Gasteiger partial charge in [-0.3, -0.25) is 9.69 Å². The van der Waals surface area contributed by atoms with E-state index in [0.29, 0.717) is 52.5 Å². The summed E-state index contributed by atoms with van der Waals surface area (Å²) >= 11 is 1.38. The molecule has 0 unspecified atom stereocenters. The molecule has 0 saturated heterocycles. The lowest BCUT2D eigenvalue weighted by Gasteiger charge is -2.20. The average Bonchev–Trinajstić information content (AvgIpc) is 3.31. The summed E-state index contributed by atoms with van der Waals surface area (Å²) in [4.78, 5) is 21.8. The maximum absolute atomic E-state index is 13.4. The number of aromatic nitrogens is 1. The van der Waals surface area contributed by atoms with Gasteiger partial charge in [0, 0.05) is 19.2 Å². The van der Waals surface area contributed by atoms with Crippen LogP contribution >= 0.6 is 11.3 Å². The van der Waals surface area contributed by atoms with Gasteiger partial charge in [-0.2, -0.15) is 0 Å². The maximum atomic E-state index is 13.4. The largest absolute Gasteiger partial charge is 0.495 e. The van der Waals surface area contributed by atoms with Gasteiger partial charge in [0.25, 0.3) is 5.91 Å². The molecule has 1 heterocycles. The van der Waals surface area contributed by atoms with Crippen molar-refractivity contribution in [1.29, 1.82) is 0 Å². The normalized spacial score (nSPS) is 11.2. The van der Waals surface area contributed by atoms with Crippen molar-refractivity contribution in [3.05, 3.63) is 35.9 Å². The molecule has 9 nitrogen and oxygen atoms in total. The molecule has 3 rings (SSSR count). The third-order valence-electron chi connectivity index (χ3n) is 5.27. The molecule has 188 valence electrons. The Bertz CT molecular complexity index is 1140. The number of likely N-dealkylation sites (N-methyl/N-ethyl adjacent to an activating group) is 1. The molecule has 0 aliphatic heterocycles. The number of rotatable bonds is 11. The molecule has 0 spiro atoms. The standard InChI is InChI=1S/C25H31N3O6S/c1-27(2)12-13-28(25-26-22-17(30-3)9-10-18(31-4)24(22)35-25)21(29)11-8-16-14-19(32-5)23(34-7)20(15-16)33-6/h8-11,14-15H,12-13H2,1-7H3. The average molecular weight is 502 g/mol. The van der Waals surface area contributed by atoms with E-state index in [2.05, 4.69) is 0 Å². The molecule has 35 heavy (non-hydrogen) atoms. The number of amides is 1. The molecule has 2 aromatic carbocycles. The smallest absolute Gasteiger partial charge is 0.252 e.